The van der Waals surface area contributed by atoms with Gasteiger partial charge in [0.05, 0.1) is 17.4 Å². The highest BCUT2D eigenvalue weighted by Crippen LogP contribution is 2.35. The van der Waals surface area contributed by atoms with Crippen LogP contribution in [0.25, 0.3) is 0 Å². The predicted octanol–water partition coefficient (Wildman–Crippen LogP) is 2.77. The number of aromatic carboxylic acids is 1. The van der Waals surface area contributed by atoms with E-state index >= 15 is 0 Å². The molecule has 1 aliphatic carbocycles. The maximum atomic E-state index is 11.1. The van der Waals surface area contributed by atoms with Gasteiger partial charge in [-0.1, -0.05) is 19.8 Å². The fraction of sp³-hybridized carbons (Fsp3) is 0.538. The van der Waals surface area contributed by atoms with Gasteiger partial charge in [0.25, 0.3) is 0 Å². The Labute approximate surface area is 101 Å². The Kier molecular flexibility index (Phi) is 3.61. The van der Waals surface area contributed by atoms with E-state index in [-0.39, 0.29) is 0 Å². The second kappa shape index (κ2) is 5.17. The SMILES string of the molecule is CCC(CC1CC1)Nc1cnccc1C(=O)O. The molecule has 0 saturated heterocycles. The average Bonchev–Trinajstić information content (AvgIpc) is 3.12. The van der Waals surface area contributed by atoms with E-state index in [9.17, 15) is 4.79 Å². The fourth-order valence-electron chi connectivity index (χ4n) is 2.00. The minimum absolute atomic E-state index is 0.300. The van der Waals surface area contributed by atoms with E-state index in [1.165, 1.54) is 25.1 Å². The van der Waals surface area contributed by atoms with Crippen molar-refractivity contribution >= 4 is 11.7 Å². The molecule has 1 fully saturated rings. The highest BCUT2D eigenvalue weighted by molar-refractivity contribution is 5.93. The van der Waals surface area contributed by atoms with Crippen molar-refractivity contribution in [3.63, 3.8) is 0 Å². The first-order valence-corrected chi connectivity index (χ1v) is 6.14. The van der Waals surface area contributed by atoms with Gasteiger partial charge in [0.15, 0.2) is 0 Å². The second-order valence-corrected chi connectivity index (χ2v) is 4.65. The summed E-state index contributed by atoms with van der Waals surface area (Å²) in [5, 5.41) is 12.4. The van der Waals surface area contributed by atoms with Crippen molar-refractivity contribution < 1.29 is 9.90 Å². The van der Waals surface area contributed by atoms with Crippen molar-refractivity contribution in [3.8, 4) is 0 Å². The molecule has 17 heavy (non-hydrogen) atoms. The number of nitrogens with zero attached hydrogens (tertiary/aromatic N) is 1. The molecule has 2 rings (SSSR count). The van der Waals surface area contributed by atoms with Crippen molar-refractivity contribution in [3.05, 3.63) is 24.0 Å². The van der Waals surface area contributed by atoms with Gasteiger partial charge in [0.1, 0.15) is 0 Å². The maximum Gasteiger partial charge on any atom is 0.337 e. The zero-order valence-corrected chi connectivity index (χ0v) is 10.0. The first-order chi connectivity index (χ1) is 8.20. The lowest BCUT2D eigenvalue weighted by atomic mass is 10.1. The molecule has 1 aliphatic rings. The van der Waals surface area contributed by atoms with E-state index in [2.05, 4.69) is 17.2 Å². The molecule has 1 atom stereocenters. The van der Waals surface area contributed by atoms with Crippen LogP contribution in [0, 0.1) is 5.92 Å². The van der Waals surface area contributed by atoms with Gasteiger partial charge in [-0.25, -0.2) is 4.79 Å². The van der Waals surface area contributed by atoms with Crippen LogP contribution in [0.3, 0.4) is 0 Å². The van der Waals surface area contributed by atoms with Gasteiger partial charge in [0.2, 0.25) is 0 Å². The van der Waals surface area contributed by atoms with Crippen LogP contribution in [0.1, 0.15) is 43.0 Å². The van der Waals surface area contributed by atoms with Crippen LogP contribution in [-0.4, -0.2) is 22.1 Å². The van der Waals surface area contributed by atoms with E-state index in [0.29, 0.717) is 17.3 Å². The van der Waals surface area contributed by atoms with Gasteiger partial charge < -0.3 is 10.4 Å². The average molecular weight is 234 g/mol. The van der Waals surface area contributed by atoms with Crippen LogP contribution in [0.5, 0.6) is 0 Å². The third-order valence-corrected chi connectivity index (χ3v) is 3.22. The largest absolute Gasteiger partial charge is 0.478 e. The molecule has 4 heteroatoms. The molecule has 0 bridgehead atoms. The number of carboxylic acids is 1. The third-order valence-electron chi connectivity index (χ3n) is 3.22. The summed E-state index contributed by atoms with van der Waals surface area (Å²) in [5.41, 5.74) is 0.932. The zero-order chi connectivity index (χ0) is 12.3. The van der Waals surface area contributed by atoms with E-state index < -0.39 is 5.97 Å². The van der Waals surface area contributed by atoms with Crippen molar-refractivity contribution in [2.75, 3.05) is 5.32 Å². The predicted molar refractivity (Wildman–Crippen MR) is 66.2 cm³/mol. The standard InChI is InChI=1S/C13H18N2O2/c1-2-10(7-9-3-4-9)15-12-8-14-6-5-11(12)13(16)17/h5-6,8-10,15H,2-4,7H2,1H3,(H,16,17). The molecule has 4 nitrogen and oxygen atoms in total. The Morgan fingerprint density at radius 1 is 1.65 bits per heavy atom. The third kappa shape index (κ3) is 3.19. The summed E-state index contributed by atoms with van der Waals surface area (Å²) in [7, 11) is 0. The van der Waals surface area contributed by atoms with Gasteiger partial charge in [-0.3, -0.25) is 4.98 Å². The lowest BCUT2D eigenvalue weighted by molar-refractivity contribution is 0.0697. The molecule has 1 aromatic rings. The number of carbonyl (C=O) groups is 1. The Bertz CT molecular complexity index is 402. The topological polar surface area (TPSA) is 62.2 Å². The van der Waals surface area contributed by atoms with Gasteiger partial charge in [-0.15, -0.1) is 0 Å². The first-order valence-electron chi connectivity index (χ1n) is 6.14. The molecule has 1 unspecified atom stereocenters. The van der Waals surface area contributed by atoms with Crippen molar-refractivity contribution in [1.82, 2.24) is 4.98 Å². The Morgan fingerprint density at radius 2 is 2.41 bits per heavy atom. The van der Waals surface area contributed by atoms with Crippen LogP contribution in [-0.2, 0) is 0 Å². The molecule has 0 radical (unpaired) electrons. The molecule has 1 aromatic heterocycles. The Morgan fingerprint density at radius 3 is 3.00 bits per heavy atom. The molecular formula is C13H18N2O2. The summed E-state index contributed by atoms with van der Waals surface area (Å²) < 4.78 is 0. The summed E-state index contributed by atoms with van der Waals surface area (Å²) in [6, 6.07) is 1.89. The number of nitrogens with one attached hydrogen (secondary N) is 1. The van der Waals surface area contributed by atoms with Crippen molar-refractivity contribution in [2.24, 2.45) is 5.92 Å². The number of aromatic nitrogens is 1. The first kappa shape index (κ1) is 11.9. The van der Waals surface area contributed by atoms with Crippen LogP contribution in [0.2, 0.25) is 0 Å². The Hall–Kier alpha value is -1.58. The minimum Gasteiger partial charge on any atom is -0.478 e. The van der Waals surface area contributed by atoms with Crippen molar-refractivity contribution in [1.29, 1.82) is 0 Å². The molecule has 0 aliphatic heterocycles. The number of rotatable bonds is 6. The molecule has 1 saturated carbocycles. The van der Waals surface area contributed by atoms with Crippen LogP contribution >= 0.6 is 0 Å². The van der Waals surface area contributed by atoms with Crippen LogP contribution in [0.15, 0.2) is 18.5 Å². The summed E-state index contributed by atoms with van der Waals surface area (Å²) in [5.74, 6) is -0.0754. The quantitative estimate of drug-likeness (QED) is 0.794. The molecule has 2 N–H and O–H groups in total. The highest BCUT2D eigenvalue weighted by atomic mass is 16.4. The molecule has 0 aromatic carbocycles. The molecule has 1 heterocycles. The number of pyridine rings is 1. The van der Waals surface area contributed by atoms with E-state index in [1.54, 1.807) is 6.20 Å². The van der Waals surface area contributed by atoms with E-state index in [4.69, 9.17) is 5.11 Å². The van der Waals surface area contributed by atoms with E-state index in [1.807, 2.05) is 0 Å². The van der Waals surface area contributed by atoms with Crippen molar-refractivity contribution in [2.45, 2.75) is 38.6 Å². The number of carboxylic acid groups (broad SMARTS) is 1. The van der Waals surface area contributed by atoms with Crippen LogP contribution < -0.4 is 5.32 Å². The number of hydrogen-bond donors (Lipinski definition) is 2. The number of hydrogen-bond acceptors (Lipinski definition) is 3. The normalized spacial score (nSPS) is 16.5. The van der Waals surface area contributed by atoms with Gasteiger partial charge in [0, 0.05) is 12.2 Å². The molecular weight excluding hydrogens is 216 g/mol. The summed E-state index contributed by atoms with van der Waals surface area (Å²) in [6.07, 6.45) is 7.87. The lowest BCUT2D eigenvalue weighted by Crippen LogP contribution is -2.21. The molecule has 0 amide bonds. The van der Waals surface area contributed by atoms with Gasteiger partial charge in [-0.05, 0) is 24.8 Å². The highest BCUT2D eigenvalue weighted by Gasteiger charge is 2.25. The fourth-order valence-corrected chi connectivity index (χ4v) is 2.00. The number of anilines is 1. The monoisotopic (exact) mass is 234 g/mol. The van der Waals surface area contributed by atoms with Gasteiger partial charge >= 0.3 is 5.97 Å². The lowest BCUT2D eigenvalue weighted by Gasteiger charge is -2.18. The minimum atomic E-state index is -0.906. The Balaban J connectivity index is 2.07. The second-order valence-electron chi connectivity index (χ2n) is 4.65. The zero-order valence-electron chi connectivity index (χ0n) is 10.0. The van der Waals surface area contributed by atoms with E-state index in [0.717, 1.165) is 18.8 Å². The van der Waals surface area contributed by atoms with Gasteiger partial charge in [-0.2, -0.15) is 0 Å². The summed E-state index contributed by atoms with van der Waals surface area (Å²) in [4.78, 5) is 15.0. The van der Waals surface area contributed by atoms with Crippen LogP contribution in [0.4, 0.5) is 5.69 Å². The smallest absolute Gasteiger partial charge is 0.337 e. The molecule has 0 spiro atoms. The maximum absolute atomic E-state index is 11.1. The summed E-state index contributed by atoms with van der Waals surface area (Å²) >= 11 is 0. The molecule has 92 valence electrons. The summed E-state index contributed by atoms with van der Waals surface area (Å²) in [6.45, 7) is 2.12.